The maximum absolute atomic E-state index is 10.2. The lowest BCUT2D eigenvalue weighted by atomic mass is 10.1. The van der Waals surface area contributed by atoms with Crippen LogP contribution in [0.25, 0.3) is 0 Å². The fourth-order valence-electron chi connectivity index (χ4n) is 0.921. The molecule has 2 nitrogen and oxygen atoms in total. The van der Waals surface area contributed by atoms with Gasteiger partial charge in [0.25, 0.3) is 0 Å². The molecular formula is C8H15O2S2-. The average Bonchev–Trinajstić information content (AvgIpc) is 2.03. The first-order valence-electron chi connectivity index (χ1n) is 4.18. The molecule has 0 heterocycles. The lowest BCUT2D eigenvalue weighted by Crippen LogP contribution is -2.31. The van der Waals surface area contributed by atoms with Crippen molar-refractivity contribution in [2.75, 3.05) is 5.75 Å². The number of rotatable bonds is 7. The Morgan fingerprint density at radius 1 is 1.25 bits per heavy atom. The second-order valence-electron chi connectivity index (χ2n) is 2.76. The second kappa shape index (κ2) is 7.80. The maximum atomic E-state index is 10.2. The first kappa shape index (κ1) is 12.2. The van der Waals surface area contributed by atoms with Gasteiger partial charge in [-0.05, 0) is 18.6 Å². The third-order valence-corrected chi connectivity index (χ3v) is 2.44. The maximum Gasteiger partial charge on any atom is 0.0541 e. The topological polar surface area (TPSA) is 40.1 Å². The Labute approximate surface area is 84.6 Å². The highest BCUT2D eigenvalue weighted by Gasteiger charge is 2.02. The normalized spacial score (nSPS) is 12.8. The summed E-state index contributed by atoms with van der Waals surface area (Å²) in [7, 11) is 0. The predicted molar refractivity (Wildman–Crippen MR) is 54.7 cm³/mol. The fraction of sp³-hybridized carbons (Fsp3) is 0.875. The van der Waals surface area contributed by atoms with E-state index < -0.39 is 11.2 Å². The highest BCUT2D eigenvalue weighted by atomic mass is 32.1. The summed E-state index contributed by atoms with van der Waals surface area (Å²) in [5.74, 6) is -0.155. The molecule has 4 heteroatoms. The summed E-state index contributed by atoms with van der Waals surface area (Å²) in [4.78, 5) is 10.2. The Morgan fingerprint density at radius 2 is 1.83 bits per heavy atom. The van der Waals surface area contributed by atoms with Crippen LogP contribution in [0, 0.1) is 0 Å². The zero-order valence-electron chi connectivity index (χ0n) is 7.03. The van der Waals surface area contributed by atoms with Gasteiger partial charge in [-0.1, -0.05) is 19.3 Å². The summed E-state index contributed by atoms with van der Waals surface area (Å²) in [5.41, 5.74) is 0. The number of carboxylic acid groups (broad SMARTS) is 1. The largest absolute Gasteiger partial charge is 0.549 e. The zero-order chi connectivity index (χ0) is 9.40. The molecule has 0 bridgehead atoms. The van der Waals surface area contributed by atoms with Crippen LogP contribution in [-0.4, -0.2) is 17.0 Å². The number of carboxylic acids is 1. The van der Waals surface area contributed by atoms with Crippen LogP contribution in [0.15, 0.2) is 0 Å². The number of hydrogen-bond donors (Lipinski definition) is 2. The Balaban J connectivity index is 3.14. The highest BCUT2D eigenvalue weighted by Crippen LogP contribution is 2.09. The molecule has 0 aliphatic carbocycles. The van der Waals surface area contributed by atoms with Gasteiger partial charge in [-0.3, -0.25) is 0 Å². The summed E-state index contributed by atoms with van der Waals surface area (Å²) in [5, 5.41) is 9.62. The Bertz CT molecular complexity index is 128. The first-order valence-corrected chi connectivity index (χ1v) is 5.33. The molecule has 0 aromatic rings. The van der Waals surface area contributed by atoms with Gasteiger partial charge in [0.05, 0.1) is 5.97 Å². The van der Waals surface area contributed by atoms with Gasteiger partial charge in [0, 0.05) is 5.25 Å². The van der Waals surface area contributed by atoms with E-state index in [1.165, 1.54) is 0 Å². The molecular weight excluding hydrogens is 192 g/mol. The number of carbonyl (C=O) groups is 1. The fourth-order valence-corrected chi connectivity index (χ4v) is 1.33. The van der Waals surface area contributed by atoms with Gasteiger partial charge in [-0.15, -0.1) is 0 Å². The van der Waals surface area contributed by atoms with E-state index in [0.29, 0.717) is 6.42 Å². The predicted octanol–water partition coefficient (Wildman–Crippen LogP) is 0.915. The van der Waals surface area contributed by atoms with E-state index in [1.54, 1.807) is 0 Å². The molecule has 0 saturated carbocycles. The van der Waals surface area contributed by atoms with Crippen LogP contribution in [0.2, 0.25) is 0 Å². The monoisotopic (exact) mass is 207 g/mol. The summed E-state index contributed by atoms with van der Waals surface area (Å²) in [6.45, 7) is 0. The molecule has 0 N–H and O–H groups in total. The zero-order valence-corrected chi connectivity index (χ0v) is 8.82. The number of thiol groups is 2. The van der Waals surface area contributed by atoms with Crippen molar-refractivity contribution in [2.24, 2.45) is 0 Å². The van der Waals surface area contributed by atoms with Gasteiger partial charge in [-0.2, -0.15) is 25.3 Å². The van der Waals surface area contributed by atoms with Crippen molar-refractivity contribution in [1.29, 1.82) is 0 Å². The van der Waals surface area contributed by atoms with E-state index in [0.717, 1.165) is 31.4 Å². The summed E-state index contributed by atoms with van der Waals surface area (Å²) in [6.07, 6.45) is 4.81. The number of aliphatic carboxylic acids is 1. The molecule has 0 rings (SSSR count). The molecule has 1 atom stereocenters. The lowest BCUT2D eigenvalue weighted by Gasteiger charge is -2.10. The minimum absolute atomic E-state index is 0.596. The van der Waals surface area contributed by atoms with Crippen LogP contribution in [-0.2, 0) is 4.79 Å². The molecule has 12 heavy (non-hydrogen) atoms. The SMILES string of the molecule is O=C([O-])C(S)CCCCCCS. The summed E-state index contributed by atoms with van der Waals surface area (Å²) in [6, 6.07) is 0. The molecule has 0 fully saturated rings. The van der Waals surface area contributed by atoms with Gasteiger partial charge in [0.2, 0.25) is 0 Å². The van der Waals surface area contributed by atoms with Crippen LogP contribution >= 0.6 is 25.3 Å². The lowest BCUT2D eigenvalue weighted by molar-refractivity contribution is -0.304. The van der Waals surface area contributed by atoms with Crippen LogP contribution in [0.5, 0.6) is 0 Å². The highest BCUT2D eigenvalue weighted by molar-refractivity contribution is 7.81. The van der Waals surface area contributed by atoms with E-state index in [2.05, 4.69) is 25.3 Å². The smallest absolute Gasteiger partial charge is 0.0541 e. The number of hydrogen-bond acceptors (Lipinski definition) is 4. The molecule has 0 saturated heterocycles. The van der Waals surface area contributed by atoms with Crippen molar-refractivity contribution in [3.63, 3.8) is 0 Å². The minimum Gasteiger partial charge on any atom is -0.549 e. The Hall–Kier alpha value is 0.170. The number of carbonyl (C=O) groups excluding carboxylic acids is 1. The van der Waals surface area contributed by atoms with Crippen molar-refractivity contribution < 1.29 is 9.90 Å². The molecule has 0 spiro atoms. The molecule has 0 aromatic heterocycles. The third-order valence-electron chi connectivity index (χ3n) is 1.66. The van der Waals surface area contributed by atoms with E-state index >= 15 is 0 Å². The molecule has 0 aliphatic heterocycles. The third kappa shape index (κ3) is 6.85. The minimum atomic E-state index is -1.06. The quantitative estimate of drug-likeness (QED) is 0.481. The number of unbranched alkanes of at least 4 members (excludes halogenated alkanes) is 3. The Kier molecular flexibility index (Phi) is 7.91. The van der Waals surface area contributed by atoms with Gasteiger partial charge < -0.3 is 9.90 Å². The van der Waals surface area contributed by atoms with E-state index in [9.17, 15) is 9.90 Å². The summed E-state index contributed by atoms with van der Waals surface area (Å²) >= 11 is 7.95. The van der Waals surface area contributed by atoms with Crippen molar-refractivity contribution >= 4 is 31.2 Å². The Morgan fingerprint density at radius 3 is 2.33 bits per heavy atom. The van der Waals surface area contributed by atoms with Crippen molar-refractivity contribution in [1.82, 2.24) is 0 Å². The molecule has 0 radical (unpaired) electrons. The van der Waals surface area contributed by atoms with Crippen LogP contribution in [0.4, 0.5) is 0 Å². The summed E-state index contributed by atoms with van der Waals surface area (Å²) < 4.78 is 0. The van der Waals surface area contributed by atoms with E-state index in [4.69, 9.17) is 0 Å². The van der Waals surface area contributed by atoms with Crippen LogP contribution in [0.3, 0.4) is 0 Å². The molecule has 0 aliphatic rings. The van der Waals surface area contributed by atoms with Crippen LogP contribution in [0.1, 0.15) is 32.1 Å². The van der Waals surface area contributed by atoms with Crippen LogP contribution < -0.4 is 5.11 Å². The molecule has 1 unspecified atom stereocenters. The van der Waals surface area contributed by atoms with Crippen molar-refractivity contribution in [3.8, 4) is 0 Å². The van der Waals surface area contributed by atoms with E-state index in [1.807, 2.05) is 0 Å². The first-order chi connectivity index (χ1) is 5.68. The molecule has 0 aromatic carbocycles. The van der Waals surface area contributed by atoms with Gasteiger partial charge in [0.1, 0.15) is 0 Å². The average molecular weight is 207 g/mol. The van der Waals surface area contributed by atoms with Crippen molar-refractivity contribution in [3.05, 3.63) is 0 Å². The van der Waals surface area contributed by atoms with Gasteiger partial charge in [-0.25, -0.2) is 0 Å². The second-order valence-corrected chi connectivity index (χ2v) is 3.83. The van der Waals surface area contributed by atoms with Gasteiger partial charge >= 0.3 is 0 Å². The molecule has 72 valence electrons. The molecule has 0 amide bonds. The standard InChI is InChI=1S/C8H16O2S2/c9-8(10)7(12)5-3-1-2-4-6-11/h7,11-12H,1-6H2,(H,9,10)/p-1. The van der Waals surface area contributed by atoms with Crippen molar-refractivity contribution in [2.45, 2.75) is 37.4 Å². The van der Waals surface area contributed by atoms with Gasteiger partial charge in [0.15, 0.2) is 0 Å². The van der Waals surface area contributed by atoms with E-state index in [-0.39, 0.29) is 0 Å².